The number of ether oxygens (including phenoxy) is 2. The maximum Gasteiger partial charge on any atom is 0.294 e. The lowest BCUT2D eigenvalue weighted by Crippen LogP contribution is -2.28. The van der Waals surface area contributed by atoms with Gasteiger partial charge in [0, 0.05) is 56.0 Å². The van der Waals surface area contributed by atoms with Gasteiger partial charge in [-0.2, -0.15) is 0 Å². The van der Waals surface area contributed by atoms with Gasteiger partial charge >= 0.3 is 0 Å². The molecule has 1 unspecified atom stereocenters. The summed E-state index contributed by atoms with van der Waals surface area (Å²) in [7, 11) is 7.24. The Kier molecular flexibility index (Phi) is 8.46. The fourth-order valence-electron chi connectivity index (χ4n) is 5.25. The van der Waals surface area contributed by atoms with Crippen molar-refractivity contribution in [2.24, 2.45) is 0 Å². The highest BCUT2D eigenvalue weighted by Crippen LogP contribution is 2.41. The summed E-state index contributed by atoms with van der Waals surface area (Å²) in [5.74, 6) is 1.07. The lowest BCUT2D eigenvalue weighted by Gasteiger charge is -2.23. The fourth-order valence-corrected chi connectivity index (χ4v) is 5.25. The highest BCUT2D eigenvalue weighted by atomic mass is 16.6. The van der Waals surface area contributed by atoms with E-state index in [1.165, 1.54) is 24.3 Å². The molecule has 2 aromatic heterocycles. The van der Waals surface area contributed by atoms with Crippen molar-refractivity contribution in [1.29, 1.82) is 0 Å². The van der Waals surface area contributed by atoms with Crippen molar-refractivity contribution < 1.29 is 19.5 Å². The maximum absolute atomic E-state index is 12.1. The van der Waals surface area contributed by atoms with Crippen LogP contribution >= 0.6 is 0 Å². The molecule has 0 fully saturated rings. The molecule has 0 spiro atoms. The lowest BCUT2D eigenvalue weighted by atomic mass is 10.0. The van der Waals surface area contributed by atoms with Gasteiger partial charge in [-0.15, -0.1) is 0 Å². The van der Waals surface area contributed by atoms with Gasteiger partial charge in [0.1, 0.15) is 23.7 Å². The van der Waals surface area contributed by atoms with E-state index in [1.807, 2.05) is 30.9 Å². The third-order valence-electron chi connectivity index (χ3n) is 7.35. The molecule has 0 aliphatic carbocycles. The van der Waals surface area contributed by atoms with Gasteiger partial charge in [-0.1, -0.05) is 18.2 Å². The first-order chi connectivity index (χ1) is 20.2. The van der Waals surface area contributed by atoms with Crippen molar-refractivity contribution in [2.45, 2.75) is 32.4 Å². The summed E-state index contributed by atoms with van der Waals surface area (Å²) in [6.07, 6.45) is 5.04. The monoisotopic (exact) mass is 575 g/mol. The number of nitro benzene ring substituents is 1. The van der Waals surface area contributed by atoms with E-state index in [0.29, 0.717) is 35.1 Å². The molecule has 0 saturated heterocycles. The second-order valence-electron chi connectivity index (χ2n) is 10.9. The maximum atomic E-state index is 12.1. The number of aromatic nitrogens is 3. The van der Waals surface area contributed by atoms with Crippen LogP contribution in [-0.2, 0) is 13.0 Å². The number of methoxy groups -OCH3 is 1. The minimum absolute atomic E-state index is 0.0642. The van der Waals surface area contributed by atoms with Gasteiger partial charge in [0.25, 0.3) is 5.69 Å². The molecule has 1 atom stereocenters. The number of nitrogens with zero attached hydrogens (tertiary/aromatic N) is 6. The number of aliphatic hydroxyl groups is 1. The molecule has 222 valence electrons. The van der Waals surface area contributed by atoms with Crippen LogP contribution in [0.2, 0.25) is 0 Å². The Balaban J connectivity index is 1.57. The van der Waals surface area contributed by atoms with E-state index < -0.39 is 11.0 Å². The third kappa shape index (κ3) is 5.95. The van der Waals surface area contributed by atoms with Crippen LogP contribution in [0.15, 0.2) is 42.7 Å². The van der Waals surface area contributed by atoms with E-state index in [-0.39, 0.29) is 18.2 Å². The molecule has 42 heavy (non-hydrogen) atoms. The second-order valence-corrected chi connectivity index (χ2v) is 10.9. The smallest absolute Gasteiger partial charge is 0.294 e. The van der Waals surface area contributed by atoms with Gasteiger partial charge < -0.3 is 34.3 Å². The molecule has 0 bridgehead atoms. The summed E-state index contributed by atoms with van der Waals surface area (Å²) in [5, 5.41) is 26.2. The van der Waals surface area contributed by atoms with Crippen LogP contribution in [-0.4, -0.2) is 83.5 Å². The highest BCUT2D eigenvalue weighted by Gasteiger charge is 2.24. The van der Waals surface area contributed by atoms with Crippen molar-refractivity contribution in [3.63, 3.8) is 0 Å². The number of benzene rings is 2. The summed E-state index contributed by atoms with van der Waals surface area (Å²) in [6.45, 7) is 3.96. The van der Waals surface area contributed by atoms with Crippen molar-refractivity contribution in [2.75, 3.05) is 58.2 Å². The molecule has 12 nitrogen and oxygen atoms in total. The number of nitro groups is 1. The topological polar surface area (TPSA) is 131 Å². The molecule has 0 radical (unpaired) electrons. The zero-order valence-corrected chi connectivity index (χ0v) is 24.6. The number of hydrogen-bond donors (Lipinski definition) is 2. The highest BCUT2D eigenvalue weighted by molar-refractivity contribution is 5.98. The average Bonchev–Trinajstić information content (AvgIpc) is 3.35. The molecule has 2 aromatic carbocycles. The zero-order chi connectivity index (χ0) is 30.0. The number of aryl methyl sites for hydroxylation is 2. The molecule has 0 saturated carbocycles. The molecule has 4 aromatic rings. The SMILES string of the molecule is COc1cc(N(C)CCN(C)C)c([N+](=O)[O-])cc1Nc1ncc(OCC(C)O)c(-c2cn3c4c(cccc24)CCC3)n1. The fraction of sp³-hybridized carbons (Fsp3) is 0.400. The molecule has 5 rings (SSSR count). The summed E-state index contributed by atoms with van der Waals surface area (Å²) in [6, 6.07) is 9.38. The predicted octanol–water partition coefficient (Wildman–Crippen LogP) is 4.46. The normalized spacial score (nSPS) is 13.3. The first-order valence-electron chi connectivity index (χ1n) is 13.9. The van der Waals surface area contributed by atoms with Crippen molar-refractivity contribution >= 4 is 33.9 Å². The van der Waals surface area contributed by atoms with Gasteiger partial charge in [-0.05, 0) is 39.4 Å². The third-order valence-corrected chi connectivity index (χ3v) is 7.35. The number of nitrogens with one attached hydrogen (secondary N) is 1. The number of aliphatic hydroxyl groups excluding tert-OH is 1. The first kappa shape index (κ1) is 29.1. The Bertz CT molecular complexity index is 1600. The van der Waals surface area contributed by atoms with Gasteiger partial charge in [0.05, 0.1) is 35.5 Å². The van der Waals surface area contributed by atoms with Gasteiger partial charge in [-0.3, -0.25) is 10.1 Å². The summed E-state index contributed by atoms with van der Waals surface area (Å²) < 4.78 is 13.8. The Hall–Kier alpha value is -4.42. The van der Waals surface area contributed by atoms with Crippen LogP contribution < -0.4 is 19.7 Å². The standard InChI is InChI=1S/C30H37N7O5/c1-19(38)18-42-27-16-31-30(33-28(27)22-17-36-11-7-9-20-8-6-10-21(22)29(20)36)32-23-14-25(37(39)40)24(15-26(23)41-5)35(4)13-12-34(2)3/h6,8,10,14-17,19,38H,7,9,11-13,18H2,1-5H3,(H,31,32,33). The number of rotatable bonds is 12. The van der Waals surface area contributed by atoms with Crippen LogP contribution in [0.25, 0.3) is 22.2 Å². The van der Waals surface area contributed by atoms with Crippen LogP contribution in [0.5, 0.6) is 11.5 Å². The van der Waals surface area contributed by atoms with Crippen molar-refractivity contribution in [3.05, 3.63) is 58.4 Å². The Morgan fingerprint density at radius 1 is 1.21 bits per heavy atom. The molecule has 2 N–H and O–H groups in total. The summed E-state index contributed by atoms with van der Waals surface area (Å²) in [5.41, 5.74) is 4.66. The van der Waals surface area contributed by atoms with Crippen LogP contribution in [0, 0.1) is 10.1 Å². The largest absolute Gasteiger partial charge is 0.494 e. The molecular weight excluding hydrogens is 538 g/mol. The average molecular weight is 576 g/mol. The van der Waals surface area contributed by atoms with Gasteiger partial charge in [0.2, 0.25) is 5.95 Å². The second kappa shape index (κ2) is 12.2. The van der Waals surface area contributed by atoms with E-state index in [2.05, 4.69) is 39.3 Å². The summed E-state index contributed by atoms with van der Waals surface area (Å²) in [4.78, 5) is 24.8. The van der Waals surface area contributed by atoms with Gasteiger partial charge in [-0.25, -0.2) is 9.97 Å². The van der Waals surface area contributed by atoms with E-state index >= 15 is 0 Å². The quantitative estimate of drug-likeness (QED) is 0.184. The molecular formula is C30H37N7O5. The molecule has 0 amide bonds. The molecule has 3 heterocycles. The van der Waals surface area contributed by atoms with E-state index in [1.54, 1.807) is 19.2 Å². The minimum atomic E-state index is -0.676. The van der Waals surface area contributed by atoms with Crippen LogP contribution in [0.4, 0.5) is 23.0 Å². The minimum Gasteiger partial charge on any atom is -0.494 e. The van der Waals surface area contributed by atoms with Crippen molar-refractivity contribution in [3.8, 4) is 22.8 Å². The lowest BCUT2D eigenvalue weighted by molar-refractivity contribution is -0.384. The summed E-state index contributed by atoms with van der Waals surface area (Å²) >= 11 is 0. The van der Waals surface area contributed by atoms with Crippen molar-refractivity contribution in [1.82, 2.24) is 19.4 Å². The van der Waals surface area contributed by atoms with E-state index in [0.717, 1.165) is 36.9 Å². The Morgan fingerprint density at radius 2 is 2.02 bits per heavy atom. The van der Waals surface area contributed by atoms with Crippen LogP contribution in [0.3, 0.4) is 0 Å². The Morgan fingerprint density at radius 3 is 2.74 bits per heavy atom. The Labute approximate surface area is 244 Å². The number of para-hydroxylation sites is 1. The van der Waals surface area contributed by atoms with Gasteiger partial charge in [0.15, 0.2) is 5.75 Å². The molecule has 1 aliphatic rings. The molecule has 12 heteroatoms. The number of likely N-dealkylation sites (N-methyl/N-ethyl adjacent to an activating group) is 2. The molecule has 1 aliphatic heterocycles. The number of anilines is 3. The zero-order valence-electron chi connectivity index (χ0n) is 24.6. The van der Waals surface area contributed by atoms with E-state index in [4.69, 9.17) is 14.5 Å². The predicted molar refractivity (Wildman–Crippen MR) is 163 cm³/mol. The van der Waals surface area contributed by atoms with E-state index in [9.17, 15) is 15.2 Å². The van der Waals surface area contributed by atoms with Crippen LogP contribution in [0.1, 0.15) is 18.9 Å². The number of hydrogen-bond acceptors (Lipinski definition) is 10. The first-order valence-corrected chi connectivity index (χ1v) is 13.9.